The third-order valence-corrected chi connectivity index (χ3v) is 3.44. The third-order valence-electron chi connectivity index (χ3n) is 3.19. The standard InChI is InChI=1S/C17H13ClF3NO3/c1-10(25-16(24)11-5-7-13(18)8-6-11)15(23)22-14-4-2-3-12(9-14)17(19,20)21/h2-10H,1H3,(H,22,23)/t10-/m0/s1. The van der Waals surface area contributed by atoms with Crippen molar-refractivity contribution in [1.82, 2.24) is 0 Å². The first-order valence-electron chi connectivity index (χ1n) is 7.11. The van der Waals surface area contributed by atoms with Gasteiger partial charge in [0, 0.05) is 10.7 Å². The first-order chi connectivity index (χ1) is 11.7. The molecule has 25 heavy (non-hydrogen) atoms. The molecule has 0 aliphatic carbocycles. The van der Waals surface area contributed by atoms with Gasteiger partial charge < -0.3 is 10.1 Å². The minimum absolute atomic E-state index is 0.0470. The van der Waals surface area contributed by atoms with Gasteiger partial charge in [-0.3, -0.25) is 4.79 Å². The van der Waals surface area contributed by atoms with Crippen LogP contribution in [0.5, 0.6) is 0 Å². The maximum atomic E-state index is 12.7. The predicted octanol–water partition coefficient (Wildman–Crippen LogP) is 4.54. The molecule has 1 atom stereocenters. The van der Waals surface area contributed by atoms with E-state index >= 15 is 0 Å². The summed E-state index contributed by atoms with van der Waals surface area (Å²) in [5, 5.41) is 2.72. The van der Waals surface area contributed by atoms with Crippen molar-refractivity contribution >= 4 is 29.2 Å². The Labute approximate surface area is 146 Å². The number of nitrogens with one attached hydrogen (secondary N) is 1. The second-order valence-corrected chi connectivity index (χ2v) is 5.56. The summed E-state index contributed by atoms with van der Waals surface area (Å²) < 4.78 is 43.0. The Morgan fingerprint density at radius 3 is 2.36 bits per heavy atom. The van der Waals surface area contributed by atoms with Gasteiger partial charge in [-0.2, -0.15) is 13.2 Å². The smallest absolute Gasteiger partial charge is 0.416 e. The zero-order chi connectivity index (χ0) is 18.6. The van der Waals surface area contributed by atoms with Crippen molar-refractivity contribution in [3.05, 3.63) is 64.7 Å². The molecule has 0 aliphatic rings. The number of hydrogen-bond donors (Lipinski definition) is 1. The highest BCUT2D eigenvalue weighted by Gasteiger charge is 2.30. The van der Waals surface area contributed by atoms with Gasteiger partial charge in [0.2, 0.25) is 0 Å². The minimum atomic E-state index is -4.52. The van der Waals surface area contributed by atoms with Crippen LogP contribution in [0.3, 0.4) is 0 Å². The number of halogens is 4. The molecule has 1 amide bonds. The lowest BCUT2D eigenvalue weighted by Crippen LogP contribution is -2.30. The molecule has 132 valence electrons. The fourth-order valence-corrected chi connectivity index (χ4v) is 2.01. The molecule has 0 heterocycles. The van der Waals surface area contributed by atoms with Gasteiger partial charge in [0.25, 0.3) is 5.91 Å². The number of carbonyl (C=O) groups excluding carboxylic acids is 2. The summed E-state index contributed by atoms with van der Waals surface area (Å²) in [6.07, 6.45) is -5.72. The first-order valence-corrected chi connectivity index (χ1v) is 7.49. The molecule has 0 aromatic heterocycles. The lowest BCUT2D eigenvalue weighted by Gasteiger charge is -2.14. The molecule has 0 aliphatic heterocycles. The van der Waals surface area contributed by atoms with Crippen molar-refractivity contribution in [2.45, 2.75) is 19.2 Å². The number of hydrogen-bond acceptors (Lipinski definition) is 3. The van der Waals surface area contributed by atoms with E-state index in [0.29, 0.717) is 5.02 Å². The summed E-state index contributed by atoms with van der Waals surface area (Å²) in [6.45, 7) is 1.32. The van der Waals surface area contributed by atoms with Gasteiger partial charge in [-0.25, -0.2) is 4.79 Å². The molecule has 0 bridgehead atoms. The van der Waals surface area contributed by atoms with E-state index < -0.39 is 29.7 Å². The van der Waals surface area contributed by atoms with Crippen molar-refractivity contribution in [2.24, 2.45) is 0 Å². The number of benzene rings is 2. The van der Waals surface area contributed by atoms with Gasteiger partial charge in [-0.1, -0.05) is 17.7 Å². The zero-order valence-electron chi connectivity index (χ0n) is 12.9. The lowest BCUT2D eigenvalue weighted by atomic mass is 10.2. The average Bonchev–Trinajstić information content (AvgIpc) is 2.54. The van der Waals surface area contributed by atoms with Gasteiger partial charge in [-0.05, 0) is 49.4 Å². The van der Waals surface area contributed by atoms with E-state index in [0.717, 1.165) is 12.1 Å². The Kier molecular flexibility index (Phi) is 5.69. The Bertz CT molecular complexity index is 775. The summed E-state index contributed by atoms with van der Waals surface area (Å²) >= 11 is 5.71. The van der Waals surface area contributed by atoms with Crippen LogP contribution in [0.2, 0.25) is 5.02 Å². The molecule has 0 radical (unpaired) electrons. The highest BCUT2D eigenvalue weighted by atomic mass is 35.5. The second-order valence-electron chi connectivity index (χ2n) is 5.12. The zero-order valence-corrected chi connectivity index (χ0v) is 13.7. The monoisotopic (exact) mass is 371 g/mol. The topological polar surface area (TPSA) is 55.4 Å². The largest absolute Gasteiger partial charge is 0.449 e. The number of alkyl halides is 3. The van der Waals surface area contributed by atoms with E-state index in [9.17, 15) is 22.8 Å². The van der Waals surface area contributed by atoms with E-state index in [2.05, 4.69) is 5.32 Å². The summed E-state index contributed by atoms with van der Waals surface area (Å²) in [7, 11) is 0. The van der Waals surface area contributed by atoms with Gasteiger partial charge >= 0.3 is 12.1 Å². The van der Waals surface area contributed by atoms with Crippen LogP contribution in [0, 0.1) is 0 Å². The molecule has 2 aromatic carbocycles. The molecular weight excluding hydrogens is 359 g/mol. The molecule has 1 N–H and O–H groups in total. The van der Waals surface area contributed by atoms with Crippen LogP contribution in [0.25, 0.3) is 0 Å². The maximum absolute atomic E-state index is 12.7. The maximum Gasteiger partial charge on any atom is 0.416 e. The molecule has 4 nitrogen and oxygen atoms in total. The fraction of sp³-hybridized carbons (Fsp3) is 0.176. The number of carbonyl (C=O) groups is 2. The van der Waals surface area contributed by atoms with E-state index in [4.69, 9.17) is 16.3 Å². The Balaban J connectivity index is 2.01. The number of ether oxygens (including phenoxy) is 1. The molecule has 0 saturated heterocycles. The lowest BCUT2D eigenvalue weighted by molar-refractivity contribution is -0.137. The molecule has 0 saturated carbocycles. The Morgan fingerprint density at radius 1 is 1.12 bits per heavy atom. The average molecular weight is 372 g/mol. The predicted molar refractivity (Wildman–Crippen MR) is 86.4 cm³/mol. The molecule has 2 rings (SSSR count). The number of esters is 1. The second kappa shape index (κ2) is 7.57. The number of amides is 1. The normalized spacial score (nSPS) is 12.4. The molecule has 2 aromatic rings. The highest BCUT2D eigenvalue weighted by Crippen LogP contribution is 2.30. The SMILES string of the molecule is C[C@H](OC(=O)c1ccc(Cl)cc1)C(=O)Nc1cccc(C(F)(F)F)c1. The summed E-state index contributed by atoms with van der Waals surface area (Å²) in [5.74, 6) is -1.50. The van der Waals surface area contributed by atoms with Crippen LogP contribution in [0.4, 0.5) is 18.9 Å². The van der Waals surface area contributed by atoms with E-state index in [1.807, 2.05) is 0 Å². The first kappa shape index (κ1) is 18.8. The van der Waals surface area contributed by atoms with Gasteiger partial charge in [0.15, 0.2) is 6.10 Å². The van der Waals surface area contributed by atoms with E-state index in [1.165, 1.54) is 43.3 Å². The summed E-state index contributed by atoms with van der Waals surface area (Å²) in [5.41, 5.74) is -0.742. The Hall–Kier alpha value is -2.54. The quantitative estimate of drug-likeness (QED) is 0.803. The minimum Gasteiger partial charge on any atom is -0.449 e. The van der Waals surface area contributed by atoms with Crippen LogP contribution in [0.15, 0.2) is 48.5 Å². The molecule has 0 spiro atoms. The highest BCUT2D eigenvalue weighted by molar-refractivity contribution is 6.30. The number of rotatable bonds is 4. The van der Waals surface area contributed by atoms with Crippen molar-refractivity contribution in [2.75, 3.05) is 5.32 Å². The van der Waals surface area contributed by atoms with Crippen LogP contribution >= 0.6 is 11.6 Å². The van der Waals surface area contributed by atoms with Crippen molar-refractivity contribution in [3.8, 4) is 0 Å². The van der Waals surface area contributed by atoms with E-state index in [-0.39, 0.29) is 11.3 Å². The molecule has 8 heteroatoms. The third kappa shape index (κ3) is 5.22. The molecule has 0 unspecified atom stereocenters. The van der Waals surface area contributed by atoms with Crippen LogP contribution in [0.1, 0.15) is 22.8 Å². The van der Waals surface area contributed by atoms with Crippen LogP contribution < -0.4 is 5.32 Å². The van der Waals surface area contributed by atoms with Crippen molar-refractivity contribution in [1.29, 1.82) is 0 Å². The van der Waals surface area contributed by atoms with Crippen LogP contribution in [-0.2, 0) is 15.7 Å². The van der Waals surface area contributed by atoms with Gasteiger partial charge in [0.1, 0.15) is 0 Å². The van der Waals surface area contributed by atoms with Crippen molar-refractivity contribution < 1.29 is 27.5 Å². The number of anilines is 1. The van der Waals surface area contributed by atoms with Gasteiger partial charge in [0.05, 0.1) is 11.1 Å². The summed E-state index contributed by atoms with van der Waals surface area (Å²) in [4.78, 5) is 23.9. The van der Waals surface area contributed by atoms with Crippen LogP contribution in [-0.4, -0.2) is 18.0 Å². The van der Waals surface area contributed by atoms with Gasteiger partial charge in [-0.15, -0.1) is 0 Å². The summed E-state index contributed by atoms with van der Waals surface area (Å²) in [6, 6.07) is 10.0. The Morgan fingerprint density at radius 2 is 1.76 bits per heavy atom. The van der Waals surface area contributed by atoms with E-state index in [1.54, 1.807) is 0 Å². The molecule has 0 fully saturated rings. The molecular formula is C17H13ClF3NO3. The van der Waals surface area contributed by atoms with Crippen molar-refractivity contribution in [3.63, 3.8) is 0 Å². The fourth-order valence-electron chi connectivity index (χ4n) is 1.89.